The summed E-state index contributed by atoms with van der Waals surface area (Å²) >= 11 is 0. The van der Waals surface area contributed by atoms with Gasteiger partial charge in [-0.15, -0.1) is 12.4 Å². The van der Waals surface area contributed by atoms with Crippen LogP contribution in [0.1, 0.15) is 25.7 Å². The van der Waals surface area contributed by atoms with Crippen molar-refractivity contribution in [3.63, 3.8) is 0 Å². The fraction of sp³-hybridized carbons (Fsp3) is 0.867. The lowest BCUT2D eigenvalue weighted by Crippen LogP contribution is -2.50. The number of fused-ring (bicyclic) bond motifs is 1. The minimum Gasteiger partial charge on any atom is -0.339 e. The van der Waals surface area contributed by atoms with E-state index in [9.17, 15) is 9.59 Å². The smallest absolute Gasteiger partial charge is 0.242 e. The number of hydrogen-bond donors (Lipinski definition) is 1. The van der Waals surface area contributed by atoms with Gasteiger partial charge in [-0.2, -0.15) is 0 Å². The van der Waals surface area contributed by atoms with Gasteiger partial charge in [0.05, 0.1) is 6.54 Å². The van der Waals surface area contributed by atoms with Crippen molar-refractivity contribution >= 4 is 24.2 Å². The Morgan fingerprint density at radius 1 is 1.14 bits per heavy atom. The topological polar surface area (TPSA) is 52.7 Å². The highest BCUT2D eigenvalue weighted by Gasteiger charge is 2.55. The normalized spacial score (nSPS) is 30.9. The van der Waals surface area contributed by atoms with Crippen LogP contribution in [-0.2, 0) is 9.59 Å². The maximum absolute atomic E-state index is 12.4. The zero-order valence-corrected chi connectivity index (χ0v) is 13.5. The second-order valence-corrected chi connectivity index (χ2v) is 6.46. The van der Waals surface area contributed by atoms with E-state index in [0.29, 0.717) is 11.8 Å². The van der Waals surface area contributed by atoms with E-state index in [1.165, 1.54) is 25.7 Å². The van der Waals surface area contributed by atoms with Crippen molar-refractivity contribution in [3.05, 3.63) is 0 Å². The molecule has 5 nitrogen and oxygen atoms in total. The molecule has 3 fully saturated rings. The Bertz CT molecular complexity index is 386. The first kappa shape index (κ1) is 16.6. The number of carbonyl (C=O) groups is 2. The number of hydrogen-bond acceptors (Lipinski definition) is 3. The highest BCUT2D eigenvalue weighted by Crippen LogP contribution is 2.55. The van der Waals surface area contributed by atoms with E-state index in [4.69, 9.17) is 0 Å². The summed E-state index contributed by atoms with van der Waals surface area (Å²) in [5.74, 6) is 1.75. The SMILES string of the molecule is CN(CC(=O)N1CCNCC1)C(=O)C1C2CCCCC21.Cl. The quantitative estimate of drug-likeness (QED) is 0.835. The third-order valence-corrected chi connectivity index (χ3v) is 5.16. The first-order valence-electron chi connectivity index (χ1n) is 7.92. The Morgan fingerprint density at radius 3 is 2.29 bits per heavy atom. The number of carbonyl (C=O) groups excluding carboxylic acids is 2. The molecule has 0 bridgehead atoms. The Kier molecular flexibility index (Phi) is 5.49. The van der Waals surface area contributed by atoms with E-state index in [-0.39, 0.29) is 36.7 Å². The second kappa shape index (κ2) is 6.97. The summed E-state index contributed by atoms with van der Waals surface area (Å²) in [5, 5.41) is 3.23. The number of nitrogens with one attached hydrogen (secondary N) is 1. The molecule has 0 spiro atoms. The molecule has 0 aromatic rings. The van der Waals surface area contributed by atoms with Crippen LogP contribution in [0, 0.1) is 17.8 Å². The molecule has 1 saturated heterocycles. The van der Waals surface area contributed by atoms with Crippen LogP contribution in [0.4, 0.5) is 0 Å². The summed E-state index contributed by atoms with van der Waals surface area (Å²) in [7, 11) is 1.78. The molecule has 1 N–H and O–H groups in total. The van der Waals surface area contributed by atoms with Crippen LogP contribution in [0.25, 0.3) is 0 Å². The van der Waals surface area contributed by atoms with Gasteiger partial charge in [-0.1, -0.05) is 12.8 Å². The van der Waals surface area contributed by atoms with Crippen molar-refractivity contribution in [2.24, 2.45) is 17.8 Å². The average Bonchev–Trinajstić information content (AvgIpc) is 3.21. The van der Waals surface area contributed by atoms with Gasteiger partial charge in [-0.25, -0.2) is 0 Å². The van der Waals surface area contributed by atoms with E-state index in [1.54, 1.807) is 11.9 Å². The summed E-state index contributed by atoms with van der Waals surface area (Å²) in [4.78, 5) is 28.1. The van der Waals surface area contributed by atoms with Gasteiger partial charge in [0, 0.05) is 39.1 Å². The van der Waals surface area contributed by atoms with Gasteiger partial charge >= 0.3 is 0 Å². The monoisotopic (exact) mass is 315 g/mol. The van der Waals surface area contributed by atoms with Crippen LogP contribution in [0.3, 0.4) is 0 Å². The predicted molar refractivity (Wildman–Crippen MR) is 83.3 cm³/mol. The summed E-state index contributed by atoms with van der Waals surface area (Å²) in [6, 6.07) is 0. The van der Waals surface area contributed by atoms with Crippen LogP contribution in [-0.4, -0.2) is 61.4 Å². The van der Waals surface area contributed by atoms with Crippen molar-refractivity contribution in [2.45, 2.75) is 25.7 Å². The van der Waals surface area contributed by atoms with Gasteiger partial charge in [-0.05, 0) is 24.7 Å². The highest BCUT2D eigenvalue weighted by molar-refractivity contribution is 5.87. The Balaban J connectivity index is 0.00000161. The lowest BCUT2D eigenvalue weighted by Gasteiger charge is -2.29. The number of nitrogens with zero attached hydrogens (tertiary/aromatic N) is 2. The summed E-state index contributed by atoms with van der Waals surface area (Å²) in [6.45, 7) is 3.48. The lowest BCUT2D eigenvalue weighted by molar-refractivity contribution is -0.140. The third-order valence-electron chi connectivity index (χ3n) is 5.16. The molecule has 21 heavy (non-hydrogen) atoms. The van der Waals surface area contributed by atoms with E-state index < -0.39 is 0 Å². The maximum atomic E-state index is 12.4. The fourth-order valence-electron chi connectivity index (χ4n) is 3.91. The van der Waals surface area contributed by atoms with E-state index >= 15 is 0 Å². The molecule has 0 aromatic heterocycles. The van der Waals surface area contributed by atoms with Crippen molar-refractivity contribution in [3.8, 4) is 0 Å². The molecular weight excluding hydrogens is 290 g/mol. The molecule has 3 rings (SSSR count). The number of amides is 2. The Hall–Kier alpha value is -0.810. The van der Waals surface area contributed by atoms with Crippen molar-refractivity contribution in [1.82, 2.24) is 15.1 Å². The van der Waals surface area contributed by atoms with Crippen LogP contribution in [0.2, 0.25) is 0 Å². The average molecular weight is 316 g/mol. The van der Waals surface area contributed by atoms with Gasteiger partial charge in [0.25, 0.3) is 0 Å². The summed E-state index contributed by atoms with van der Waals surface area (Å²) in [6.07, 6.45) is 4.96. The van der Waals surface area contributed by atoms with Crippen molar-refractivity contribution in [2.75, 3.05) is 39.8 Å². The zero-order valence-electron chi connectivity index (χ0n) is 12.7. The molecule has 3 aliphatic rings. The molecule has 120 valence electrons. The minimum absolute atomic E-state index is 0. The van der Waals surface area contributed by atoms with Crippen LogP contribution in [0.15, 0.2) is 0 Å². The largest absolute Gasteiger partial charge is 0.339 e. The molecule has 0 aromatic carbocycles. The van der Waals surface area contributed by atoms with Gasteiger partial charge < -0.3 is 15.1 Å². The summed E-state index contributed by atoms with van der Waals surface area (Å²) in [5.41, 5.74) is 0. The van der Waals surface area contributed by atoms with Crippen molar-refractivity contribution in [1.29, 1.82) is 0 Å². The van der Waals surface area contributed by atoms with Gasteiger partial charge in [0.1, 0.15) is 0 Å². The molecule has 2 amide bonds. The first-order valence-corrected chi connectivity index (χ1v) is 7.92. The van der Waals surface area contributed by atoms with E-state index in [0.717, 1.165) is 26.2 Å². The molecule has 0 radical (unpaired) electrons. The predicted octanol–water partition coefficient (Wildman–Crippen LogP) is 0.735. The standard InChI is InChI=1S/C15H25N3O2.ClH/c1-17(10-13(19)18-8-6-16-7-9-18)15(20)14-11-4-2-3-5-12(11)14;/h11-12,14,16H,2-10H2,1H3;1H. The second-order valence-electron chi connectivity index (χ2n) is 6.46. The third kappa shape index (κ3) is 3.51. The Labute approximate surface area is 132 Å². The Morgan fingerprint density at radius 2 is 1.71 bits per heavy atom. The van der Waals surface area contributed by atoms with Gasteiger partial charge in [0.2, 0.25) is 11.8 Å². The van der Waals surface area contributed by atoms with Gasteiger partial charge in [-0.3, -0.25) is 9.59 Å². The zero-order chi connectivity index (χ0) is 14.1. The first-order chi connectivity index (χ1) is 9.68. The van der Waals surface area contributed by atoms with Gasteiger partial charge in [0.15, 0.2) is 0 Å². The van der Waals surface area contributed by atoms with Crippen LogP contribution in [0.5, 0.6) is 0 Å². The number of piperazine rings is 1. The molecule has 2 unspecified atom stereocenters. The number of likely N-dealkylation sites (N-methyl/N-ethyl adjacent to an activating group) is 1. The van der Waals surface area contributed by atoms with Crippen molar-refractivity contribution < 1.29 is 9.59 Å². The maximum Gasteiger partial charge on any atom is 0.242 e. The molecule has 1 aliphatic heterocycles. The molecule has 1 heterocycles. The van der Waals surface area contributed by atoms with E-state index in [2.05, 4.69) is 5.32 Å². The molecule has 2 saturated carbocycles. The van der Waals surface area contributed by atoms with E-state index in [1.807, 2.05) is 4.90 Å². The fourth-order valence-corrected chi connectivity index (χ4v) is 3.91. The lowest BCUT2D eigenvalue weighted by atomic mass is 10.0. The number of halogens is 1. The molecular formula is C15H26ClN3O2. The molecule has 2 atom stereocenters. The minimum atomic E-state index is 0. The molecule has 2 aliphatic carbocycles. The van der Waals surface area contributed by atoms with Crippen LogP contribution < -0.4 is 5.32 Å². The number of rotatable bonds is 3. The highest BCUT2D eigenvalue weighted by atomic mass is 35.5. The molecule has 6 heteroatoms. The summed E-state index contributed by atoms with van der Waals surface area (Å²) < 4.78 is 0. The van der Waals surface area contributed by atoms with Crippen LogP contribution >= 0.6 is 12.4 Å².